The van der Waals surface area contributed by atoms with Crippen LogP contribution in [0.5, 0.6) is 0 Å². The number of nitrogens with zero attached hydrogens (tertiary/aromatic N) is 1. The zero-order chi connectivity index (χ0) is 21.3. The minimum Gasteiger partial charge on any atom is -0.344 e. The Labute approximate surface area is 179 Å². The van der Waals surface area contributed by atoms with E-state index in [1.54, 1.807) is 24.1 Å². The predicted octanol–water partition coefficient (Wildman–Crippen LogP) is 4.32. The topological polar surface area (TPSA) is 61.4 Å². The van der Waals surface area contributed by atoms with Crippen LogP contribution in [-0.4, -0.2) is 30.4 Å². The fourth-order valence-electron chi connectivity index (χ4n) is 3.01. The fraction of sp³-hybridized carbons (Fsp3) is 0.217. The molecule has 0 radical (unpaired) electrons. The van der Waals surface area contributed by atoms with Gasteiger partial charge in [0.2, 0.25) is 5.91 Å². The van der Waals surface area contributed by atoms with Gasteiger partial charge in [0.05, 0.1) is 6.04 Å². The van der Waals surface area contributed by atoms with Crippen molar-refractivity contribution in [1.82, 2.24) is 15.5 Å². The number of halogens is 1. The lowest BCUT2D eigenvalue weighted by atomic mass is 10.1. The van der Waals surface area contributed by atoms with E-state index in [1.165, 1.54) is 23.5 Å². The van der Waals surface area contributed by atoms with Gasteiger partial charge in [-0.2, -0.15) is 0 Å². The Hall–Kier alpha value is -3.19. The number of hydrogen-bond acceptors (Lipinski definition) is 3. The minimum atomic E-state index is -0.352. The summed E-state index contributed by atoms with van der Waals surface area (Å²) in [5, 5.41) is 7.68. The van der Waals surface area contributed by atoms with E-state index in [2.05, 4.69) is 10.6 Å². The van der Waals surface area contributed by atoms with Crippen LogP contribution in [0.2, 0.25) is 0 Å². The number of amides is 3. The molecule has 156 valence electrons. The lowest BCUT2D eigenvalue weighted by Crippen LogP contribution is -2.39. The van der Waals surface area contributed by atoms with Crippen molar-refractivity contribution in [2.75, 3.05) is 13.6 Å². The van der Waals surface area contributed by atoms with Crippen LogP contribution in [0.3, 0.4) is 0 Å². The molecule has 3 rings (SSSR count). The zero-order valence-electron chi connectivity index (χ0n) is 16.7. The van der Waals surface area contributed by atoms with Crippen LogP contribution in [0.1, 0.15) is 28.5 Å². The summed E-state index contributed by atoms with van der Waals surface area (Å²) in [6.07, 6.45) is 0.147. The van der Waals surface area contributed by atoms with Crippen molar-refractivity contribution < 1.29 is 14.0 Å². The summed E-state index contributed by atoms with van der Waals surface area (Å²) >= 11 is 1.52. The molecule has 0 aliphatic rings. The number of rotatable bonds is 8. The second-order valence-electron chi connectivity index (χ2n) is 6.89. The highest BCUT2D eigenvalue weighted by molar-refractivity contribution is 7.10. The van der Waals surface area contributed by atoms with Crippen LogP contribution >= 0.6 is 11.3 Å². The normalized spacial score (nSPS) is 11.5. The second kappa shape index (κ2) is 10.5. The van der Waals surface area contributed by atoms with Gasteiger partial charge in [-0.05, 0) is 34.7 Å². The third kappa shape index (κ3) is 6.15. The SMILES string of the molecule is CN(Cc1ccccc1)C(=O)NCCC(=O)NC(c1ccc(F)cc1)c1cccs1. The minimum absolute atomic E-state index is 0.147. The van der Waals surface area contributed by atoms with E-state index < -0.39 is 0 Å². The van der Waals surface area contributed by atoms with Crippen LogP contribution in [-0.2, 0) is 11.3 Å². The number of urea groups is 1. The molecule has 0 saturated carbocycles. The van der Waals surface area contributed by atoms with Crippen LogP contribution in [0.4, 0.5) is 9.18 Å². The molecule has 2 N–H and O–H groups in total. The number of benzene rings is 2. The van der Waals surface area contributed by atoms with E-state index >= 15 is 0 Å². The van der Waals surface area contributed by atoms with Crippen LogP contribution in [0.25, 0.3) is 0 Å². The van der Waals surface area contributed by atoms with Gasteiger partial charge in [-0.15, -0.1) is 11.3 Å². The third-order valence-electron chi connectivity index (χ3n) is 4.57. The van der Waals surface area contributed by atoms with Crippen molar-refractivity contribution in [2.24, 2.45) is 0 Å². The molecule has 1 aromatic heterocycles. The summed E-state index contributed by atoms with van der Waals surface area (Å²) in [6.45, 7) is 0.717. The standard InChI is InChI=1S/C23H24FN3O2S/c1-27(16-17-6-3-2-4-7-17)23(29)25-14-13-21(28)26-22(20-8-5-15-30-20)18-9-11-19(24)12-10-18/h2-12,15,22H,13-14,16H2,1H3,(H,25,29)(H,26,28). The molecule has 1 heterocycles. The molecule has 0 aliphatic carbocycles. The summed E-state index contributed by atoms with van der Waals surface area (Å²) in [5.41, 5.74) is 1.84. The second-order valence-corrected chi connectivity index (χ2v) is 7.87. The van der Waals surface area contributed by atoms with Crippen molar-refractivity contribution >= 4 is 23.3 Å². The monoisotopic (exact) mass is 425 g/mol. The molecule has 3 amide bonds. The summed E-state index contributed by atoms with van der Waals surface area (Å²) in [6, 6.07) is 19.0. The van der Waals surface area contributed by atoms with E-state index in [1.807, 2.05) is 47.8 Å². The Kier molecular flexibility index (Phi) is 7.57. The number of carbonyl (C=O) groups is 2. The van der Waals surface area contributed by atoms with E-state index in [9.17, 15) is 14.0 Å². The summed E-state index contributed by atoms with van der Waals surface area (Å²) < 4.78 is 13.3. The van der Waals surface area contributed by atoms with Gasteiger partial charge in [-0.25, -0.2) is 9.18 Å². The molecule has 0 bridgehead atoms. The molecule has 0 aliphatic heterocycles. The maximum absolute atomic E-state index is 13.3. The molecule has 2 aromatic carbocycles. The molecule has 0 saturated heterocycles. The first kappa shape index (κ1) is 21.5. The quantitative estimate of drug-likeness (QED) is 0.565. The number of hydrogen-bond donors (Lipinski definition) is 2. The first-order chi connectivity index (χ1) is 14.5. The lowest BCUT2D eigenvalue weighted by Gasteiger charge is -2.20. The van der Waals surface area contributed by atoms with E-state index in [4.69, 9.17) is 0 Å². The third-order valence-corrected chi connectivity index (χ3v) is 5.51. The van der Waals surface area contributed by atoms with E-state index in [0.29, 0.717) is 6.54 Å². The fourth-order valence-corrected chi connectivity index (χ4v) is 3.81. The van der Waals surface area contributed by atoms with Gasteiger partial charge in [-0.1, -0.05) is 48.5 Å². The first-order valence-electron chi connectivity index (χ1n) is 9.64. The molecular weight excluding hydrogens is 401 g/mol. The van der Waals surface area contributed by atoms with Crippen molar-refractivity contribution in [3.05, 3.63) is 93.9 Å². The summed E-state index contributed by atoms with van der Waals surface area (Å²) in [4.78, 5) is 27.3. The maximum Gasteiger partial charge on any atom is 0.317 e. The maximum atomic E-state index is 13.3. The average molecular weight is 426 g/mol. The predicted molar refractivity (Wildman–Crippen MR) is 117 cm³/mol. The van der Waals surface area contributed by atoms with Crippen LogP contribution < -0.4 is 10.6 Å². The first-order valence-corrected chi connectivity index (χ1v) is 10.5. The Bertz CT molecular complexity index is 946. The highest BCUT2D eigenvalue weighted by atomic mass is 32.1. The highest BCUT2D eigenvalue weighted by Crippen LogP contribution is 2.26. The van der Waals surface area contributed by atoms with Crippen molar-refractivity contribution in [2.45, 2.75) is 19.0 Å². The van der Waals surface area contributed by atoms with Gasteiger partial charge in [0.15, 0.2) is 0 Å². The molecule has 5 nitrogen and oxygen atoms in total. The van der Waals surface area contributed by atoms with Gasteiger partial charge in [-0.3, -0.25) is 4.79 Å². The van der Waals surface area contributed by atoms with Gasteiger partial charge in [0, 0.05) is 31.4 Å². The van der Waals surface area contributed by atoms with E-state index in [-0.39, 0.29) is 36.8 Å². The van der Waals surface area contributed by atoms with Gasteiger partial charge >= 0.3 is 6.03 Å². The lowest BCUT2D eigenvalue weighted by molar-refractivity contribution is -0.121. The van der Waals surface area contributed by atoms with E-state index in [0.717, 1.165) is 16.0 Å². The molecule has 1 atom stereocenters. The summed E-state index contributed by atoms with van der Waals surface area (Å²) in [7, 11) is 1.71. The highest BCUT2D eigenvalue weighted by Gasteiger charge is 2.18. The average Bonchev–Trinajstić information content (AvgIpc) is 3.28. The van der Waals surface area contributed by atoms with Gasteiger partial charge in [0.25, 0.3) is 0 Å². The molecule has 3 aromatic rings. The largest absolute Gasteiger partial charge is 0.344 e. The zero-order valence-corrected chi connectivity index (χ0v) is 17.5. The Morgan fingerprint density at radius 2 is 1.77 bits per heavy atom. The van der Waals surface area contributed by atoms with Crippen molar-refractivity contribution in [1.29, 1.82) is 0 Å². The van der Waals surface area contributed by atoms with Crippen molar-refractivity contribution in [3.63, 3.8) is 0 Å². The van der Waals surface area contributed by atoms with Gasteiger partial charge in [0.1, 0.15) is 5.82 Å². The molecule has 0 spiro atoms. The Morgan fingerprint density at radius 1 is 1.03 bits per heavy atom. The number of thiophene rings is 1. The molecule has 1 unspecified atom stereocenters. The molecule has 0 fully saturated rings. The van der Waals surface area contributed by atoms with Gasteiger partial charge < -0.3 is 15.5 Å². The molecular formula is C23H24FN3O2S. The van der Waals surface area contributed by atoms with Crippen molar-refractivity contribution in [3.8, 4) is 0 Å². The number of nitrogens with one attached hydrogen (secondary N) is 2. The summed E-state index contributed by atoms with van der Waals surface area (Å²) in [5.74, 6) is -0.513. The number of carbonyl (C=O) groups excluding carboxylic acids is 2. The Morgan fingerprint density at radius 3 is 2.43 bits per heavy atom. The van der Waals surface area contributed by atoms with Crippen LogP contribution in [0.15, 0.2) is 72.1 Å². The molecule has 7 heteroatoms. The smallest absolute Gasteiger partial charge is 0.317 e. The molecule has 30 heavy (non-hydrogen) atoms. The van der Waals surface area contributed by atoms with Crippen LogP contribution in [0, 0.1) is 5.82 Å². The Balaban J connectivity index is 1.51.